The third kappa shape index (κ3) is 3.93. The summed E-state index contributed by atoms with van der Waals surface area (Å²) in [5.74, 6) is 0.295. The first-order valence-electron chi connectivity index (χ1n) is 4.79. The van der Waals surface area contributed by atoms with Gasteiger partial charge in [0.1, 0.15) is 0 Å². The Morgan fingerprint density at radius 2 is 2.00 bits per heavy atom. The van der Waals surface area contributed by atoms with E-state index >= 15 is 0 Å². The van der Waals surface area contributed by atoms with E-state index in [4.69, 9.17) is 5.26 Å². The van der Waals surface area contributed by atoms with Gasteiger partial charge in [-0.25, -0.2) is 0 Å². The van der Waals surface area contributed by atoms with Crippen LogP contribution < -0.4 is 0 Å². The number of carbonyl (C=O) groups excluding carboxylic acids is 1. The van der Waals surface area contributed by atoms with Crippen LogP contribution in [0.3, 0.4) is 0 Å². The van der Waals surface area contributed by atoms with Gasteiger partial charge in [-0.15, -0.1) is 0 Å². The van der Waals surface area contributed by atoms with E-state index in [1.165, 1.54) is 0 Å². The van der Waals surface area contributed by atoms with Gasteiger partial charge in [0.2, 0.25) is 5.91 Å². The van der Waals surface area contributed by atoms with Crippen molar-refractivity contribution in [3.63, 3.8) is 0 Å². The van der Waals surface area contributed by atoms with Crippen LogP contribution in [-0.4, -0.2) is 24.4 Å². The Morgan fingerprint density at radius 1 is 1.46 bits per heavy atom. The average molecular weight is 182 g/mol. The van der Waals surface area contributed by atoms with Crippen LogP contribution in [0.25, 0.3) is 0 Å². The zero-order valence-corrected chi connectivity index (χ0v) is 8.71. The van der Waals surface area contributed by atoms with Crippen LogP contribution in [0.2, 0.25) is 0 Å². The Morgan fingerprint density at radius 3 is 2.38 bits per heavy atom. The third-order valence-electron chi connectivity index (χ3n) is 2.27. The van der Waals surface area contributed by atoms with Gasteiger partial charge in [-0.1, -0.05) is 13.8 Å². The van der Waals surface area contributed by atoms with Gasteiger partial charge >= 0.3 is 0 Å². The summed E-state index contributed by atoms with van der Waals surface area (Å²) in [5.41, 5.74) is 0. The van der Waals surface area contributed by atoms with Gasteiger partial charge in [-0.3, -0.25) is 4.79 Å². The topological polar surface area (TPSA) is 44.1 Å². The summed E-state index contributed by atoms with van der Waals surface area (Å²) in [5, 5.41) is 8.36. The number of nitriles is 1. The molecular formula is C10H18N2O. The van der Waals surface area contributed by atoms with Gasteiger partial charge in [0, 0.05) is 19.5 Å². The van der Waals surface area contributed by atoms with E-state index in [-0.39, 0.29) is 11.8 Å². The fraction of sp³-hybridized carbons (Fsp3) is 0.800. The van der Waals surface area contributed by atoms with Crippen molar-refractivity contribution in [2.45, 2.75) is 33.1 Å². The molecule has 0 aromatic heterocycles. The second kappa shape index (κ2) is 6.47. The van der Waals surface area contributed by atoms with Crippen molar-refractivity contribution in [3.8, 4) is 6.07 Å². The summed E-state index contributed by atoms with van der Waals surface area (Å²) in [7, 11) is 1.76. The zero-order valence-electron chi connectivity index (χ0n) is 8.71. The lowest BCUT2D eigenvalue weighted by atomic mass is 10.0. The summed E-state index contributed by atoms with van der Waals surface area (Å²) < 4.78 is 0. The fourth-order valence-electron chi connectivity index (χ4n) is 1.28. The summed E-state index contributed by atoms with van der Waals surface area (Å²) in [6.45, 7) is 4.58. The van der Waals surface area contributed by atoms with Crippen molar-refractivity contribution in [1.82, 2.24) is 4.90 Å². The van der Waals surface area contributed by atoms with Crippen LogP contribution in [0.15, 0.2) is 0 Å². The molecule has 0 saturated heterocycles. The highest BCUT2D eigenvalue weighted by Gasteiger charge is 2.17. The van der Waals surface area contributed by atoms with Gasteiger partial charge in [0.05, 0.1) is 12.5 Å². The Balaban J connectivity index is 4.00. The van der Waals surface area contributed by atoms with Crippen molar-refractivity contribution >= 4 is 5.91 Å². The quantitative estimate of drug-likeness (QED) is 0.650. The first-order valence-corrected chi connectivity index (χ1v) is 4.79. The van der Waals surface area contributed by atoms with Crippen LogP contribution in [0.1, 0.15) is 33.1 Å². The third-order valence-corrected chi connectivity index (χ3v) is 2.27. The molecule has 0 heterocycles. The van der Waals surface area contributed by atoms with Crippen LogP contribution in [-0.2, 0) is 4.79 Å². The molecule has 0 bridgehead atoms. The number of carbonyl (C=O) groups is 1. The van der Waals surface area contributed by atoms with Crippen molar-refractivity contribution in [3.05, 3.63) is 0 Å². The minimum Gasteiger partial charge on any atom is -0.344 e. The summed E-state index contributed by atoms with van der Waals surface area (Å²) >= 11 is 0. The zero-order chi connectivity index (χ0) is 10.3. The van der Waals surface area contributed by atoms with Crippen LogP contribution in [0.4, 0.5) is 0 Å². The Labute approximate surface area is 80.3 Å². The van der Waals surface area contributed by atoms with E-state index in [9.17, 15) is 4.79 Å². The normalized spacial score (nSPS) is 9.77. The largest absolute Gasteiger partial charge is 0.344 e. The summed E-state index contributed by atoms with van der Waals surface area (Å²) in [6.07, 6.45) is 2.18. The molecule has 1 amide bonds. The molecule has 3 heteroatoms. The molecule has 0 aliphatic rings. The number of hydrogen-bond acceptors (Lipinski definition) is 2. The fourth-order valence-corrected chi connectivity index (χ4v) is 1.28. The molecule has 0 saturated carbocycles. The predicted octanol–water partition coefficient (Wildman–Crippen LogP) is 1.79. The van der Waals surface area contributed by atoms with E-state index in [0.29, 0.717) is 13.0 Å². The summed E-state index contributed by atoms with van der Waals surface area (Å²) in [4.78, 5) is 13.3. The summed E-state index contributed by atoms with van der Waals surface area (Å²) in [6, 6.07) is 2.03. The van der Waals surface area contributed by atoms with Crippen LogP contribution in [0, 0.1) is 17.2 Å². The molecule has 0 aromatic carbocycles. The van der Waals surface area contributed by atoms with Crippen molar-refractivity contribution in [2.24, 2.45) is 5.92 Å². The van der Waals surface area contributed by atoms with E-state index < -0.39 is 0 Å². The highest BCUT2D eigenvalue weighted by molar-refractivity contribution is 5.78. The molecule has 0 spiro atoms. The number of hydrogen-bond donors (Lipinski definition) is 0. The maximum absolute atomic E-state index is 11.6. The van der Waals surface area contributed by atoms with Crippen molar-refractivity contribution in [2.75, 3.05) is 13.6 Å². The van der Waals surface area contributed by atoms with Crippen LogP contribution in [0.5, 0.6) is 0 Å². The maximum atomic E-state index is 11.6. The van der Waals surface area contributed by atoms with Gasteiger partial charge in [0.25, 0.3) is 0 Å². The molecule has 0 aliphatic carbocycles. The molecule has 0 aromatic rings. The molecule has 13 heavy (non-hydrogen) atoms. The second-order valence-corrected chi connectivity index (χ2v) is 3.18. The molecule has 3 nitrogen and oxygen atoms in total. The van der Waals surface area contributed by atoms with Crippen molar-refractivity contribution < 1.29 is 4.79 Å². The lowest BCUT2D eigenvalue weighted by Crippen LogP contribution is -2.33. The van der Waals surface area contributed by atoms with E-state index in [2.05, 4.69) is 0 Å². The van der Waals surface area contributed by atoms with E-state index in [0.717, 1.165) is 12.8 Å². The smallest absolute Gasteiger partial charge is 0.225 e. The number of nitrogens with zero attached hydrogens (tertiary/aromatic N) is 2. The SMILES string of the molecule is CCC(CC)C(=O)N(C)CCC#N. The van der Waals surface area contributed by atoms with E-state index in [1.54, 1.807) is 11.9 Å². The van der Waals surface area contributed by atoms with Gasteiger partial charge in [-0.05, 0) is 12.8 Å². The van der Waals surface area contributed by atoms with Crippen molar-refractivity contribution in [1.29, 1.82) is 5.26 Å². The maximum Gasteiger partial charge on any atom is 0.225 e. The molecule has 0 aliphatic heterocycles. The Hall–Kier alpha value is -1.04. The molecule has 0 unspecified atom stereocenters. The van der Waals surface area contributed by atoms with Crippen LogP contribution >= 0.6 is 0 Å². The molecule has 0 N–H and O–H groups in total. The second-order valence-electron chi connectivity index (χ2n) is 3.18. The van der Waals surface area contributed by atoms with E-state index in [1.807, 2.05) is 19.9 Å². The lowest BCUT2D eigenvalue weighted by Gasteiger charge is -2.20. The van der Waals surface area contributed by atoms with Gasteiger partial charge in [0.15, 0.2) is 0 Å². The molecular weight excluding hydrogens is 164 g/mol. The standard InChI is InChI=1S/C10H18N2O/c1-4-9(5-2)10(13)12(3)8-6-7-11/h9H,4-6,8H2,1-3H3. The molecule has 0 rings (SSSR count). The molecule has 0 atom stereocenters. The minimum atomic E-state index is 0.128. The highest BCUT2D eigenvalue weighted by Crippen LogP contribution is 2.10. The van der Waals surface area contributed by atoms with Gasteiger partial charge in [-0.2, -0.15) is 5.26 Å². The first-order chi connectivity index (χ1) is 6.17. The van der Waals surface area contributed by atoms with Gasteiger partial charge < -0.3 is 4.90 Å². The average Bonchev–Trinajstić information content (AvgIpc) is 2.15. The number of rotatable bonds is 5. The monoisotopic (exact) mass is 182 g/mol. The molecule has 0 radical (unpaired) electrons. The highest BCUT2D eigenvalue weighted by atomic mass is 16.2. The number of amides is 1. The lowest BCUT2D eigenvalue weighted by molar-refractivity contribution is -0.134. The first kappa shape index (κ1) is 12.0. The molecule has 0 fully saturated rings. The molecule has 74 valence electrons. The predicted molar refractivity (Wildman–Crippen MR) is 51.9 cm³/mol. The minimum absolute atomic E-state index is 0.128. The Kier molecular flexibility index (Phi) is 5.96. The Bertz CT molecular complexity index is 192.